The Labute approximate surface area is 284 Å². The highest BCUT2D eigenvalue weighted by Gasteiger charge is 2.45. The highest BCUT2D eigenvalue weighted by molar-refractivity contribution is 5.91. The van der Waals surface area contributed by atoms with Crippen LogP contribution < -0.4 is 0 Å². The van der Waals surface area contributed by atoms with Gasteiger partial charge in [0.1, 0.15) is 36.1 Å². The van der Waals surface area contributed by atoms with Gasteiger partial charge in [0, 0.05) is 24.0 Å². The molecule has 274 valence electrons. The van der Waals surface area contributed by atoms with Crippen molar-refractivity contribution in [3.8, 4) is 0 Å². The van der Waals surface area contributed by atoms with Crippen LogP contribution in [0.1, 0.15) is 60.8 Å². The van der Waals surface area contributed by atoms with Crippen LogP contribution in [-0.4, -0.2) is 136 Å². The van der Waals surface area contributed by atoms with Crippen molar-refractivity contribution in [2.75, 3.05) is 20.7 Å². The van der Waals surface area contributed by atoms with Crippen molar-refractivity contribution in [3.63, 3.8) is 0 Å². The van der Waals surface area contributed by atoms with Gasteiger partial charge in [0.05, 0.1) is 24.9 Å². The van der Waals surface area contributed by atoms with Gasteiger partial charge in [-0.05, 0) is 65.3 Å². The van der Waals surface area contributed by atoms with Gasteiger partial charge in [0.15, 0.2) is 18.4 Å². The Morgan fingerprint density at radius 2 is 1.58 bits per heavy atom. The number of ketones is 1. The summed E-state index contributed by atoms with van der Waals surface area (Å²) in [6, 6.07) is -0.179. The topological polar surface area (TPSA) is 185 Å². The Kier molecular flexibility index (Phi) is 14.9. The molecular formula is C35H57NO12. The van der Waals surface area contributed by atoms with Crippen LogP contribution >= 0.6 is 0 Å². The minimum absolute atomic E-state index is 0.144. The summed E-state index contributed by atoms with van der Waals surface area (Å²) in [5.74, 6) is -1.81. The number of ether oxygens (including phenoxy) is 5. The van der Waals surface area contributed by atoms with Crippen LogP contribution in [0.15, 0.2) is 36.5 Å². The molecule has 13 heteroatoms. The van der Waals surface area contributed by atoms with Crippen molar-refractivity contribution in [1.82, 2.24) is 4.90 Å². The Balaban J connectivity index is 1.88. The average Bonchev–Trinajstić information content (AvgIpc) is 3.03. The molecule has 2 saturated heterocycles. The standard InChI is InChI=1S/C35H57NO12/c1-9-26-35(43,18-44-33-31(42)30(41)28(39)23(6)46-33)15-11-10-12-25(37)20(3)16-21(4)32(19(2)13-14-27(38)47-26)48-34-29(40)24(36(7)8)17-22(5)45-34/h10-15,19-24,26,28-34,39-43H,9,16-18H2,1-8H3/b12-10+,14-13+,15-11+/t19-,20+,21-,22+,23+,24-,26+,28+,29+,30+,31+,32+,33+,34-,35-/m0/s1. The highest BCUT2D eigenvalue weighted by Crippen LogP contribution is 2.32. The lowest BCUT2D eigenvalue weighted by molar-refractivity contribution is -0.302. The van der Waals surface area contributed by atoms with E-state index in [2.05, 4.69) is 0 Å². The number of nitrogens with zero attached hydrogens (tertiary/aromatic N) is 1. The predicted molar refractivity (Wildman–Crippen MR) is 175 cm³/mol. The molecule has 3 heterocycles. The molecule has 2 fully saturated rings. The molecule has 3 aliphatic heterocycles. The predicted octanol–water partition coefficient (Wildman–Crippen LogP) is 1.24. The van der Waals surface area contributed by atoms with Crippen LogP contribution in [0.2, 0.25) is 0 Å². The molecule has 0 bridgehead atoms. The summed E-state index contributed by atoms with van der Waals surface area (Å²) in [5, 5.41) is 53.5. The van der Waals surface area contributed by atoms with Crippen molar-refractivity contribution in [2.24, 2.45) is 17.8 Å². The van der Waals surface area contributed by atoms with Gasteiger partial charge in [0.2, 0.25) is 0 Å². The van der Waals surface area contributed by atoms with E-state index in [9.17, 15) is 35.1 Å². The van der Waals surface area contributed by atoms with Crippen molar-refractivity contribution >= 4 is 11.8 Å². The van der Waals surface area contributed by atoms with Gasteiger partial charge in [-0.1, -0.05) is 45.9 Å². The third-order valence-corrected chi connectivity index (χ3v) is 9.62. The van der Waals surface area contributed by atoms with E-state index in [1.807, 2.05) is 46.7 Å². The normalized spacial score (nSPS) is 45.8. The van der Waals surface area contributed by atoms with E-state index < -0.39 is 79.4 Å². The zero-order chi connectivity index (χ0) is 35.9. The fourth-order valence-corrected chi connectivity index (χ4v) is 6.60. The van der Waals surface area contributed by atoms with Gasteiger partial charge in [-0.2, -0.15) is 0 Å². The first kappa shape index (κ1) is 40.4. The van der Waals surface area contributed by atoms with Gasteiger partial charge >= 0.3 is 5.97 Å². The zero-order valence-electron chi connectivity index (χ0n) is 29.4. The average molecular weight is 684 g/mol. The first-order valence-corrected chi connectivity index (χ1v) is 17.0. The van der Waals surface area contributed by atoms with E-state index in [0.29, 0.717) is 12.8 Å². The molecule has 13 nitrogen and oxygen atoms in total. The largest absolute Gasteiger partial charge is 0.456 e. The molecule has 0 aromatic carbocycles. The second-order valence-corrected chi connectivity index (χ2v) is 13.9. The maximum atomic E-state index is 13.2. The monoisotopic (exact) mass is 683 g/mol. The number of esters is 1. The molecule has 15 atom stereocenters. The molecule has 0 radical (unpaired) electrons. The van der Waals surface area contributed by atoms with Gasteiger partial charge in [0.25, 0.3) is 0 Å². The van der Waals surface area contributed by atoms with Gasteiger partial charge in [-0.3, -0.25) is 4.79 Å². The fourth-order valence-electron chi connectivity index (χ4n) is 6.60. The van der Waals surface area contributed by atoms with Crippen molar-refractivity contribution < 1.29 is 58.8 Å². The Morgan fingerprint density at radius 3 is 2.23 bits per heavy atom. The minimum atomic E-state index is -1.94. The molecule has 0 aromatic heterocycles. The lowest BCUT2D eigenvalue weighted by Gasteiger charge is -2.43. The molecule has 0 unspecified atom stereocenters. The summed E-state index contributed by atoms with van der Waals surface area (Å²) in [4.78, 5) is 28.2. The minimum Gasteiger partial charge on any atom is -0.456 e. The molecule has 3 rings (SSSR count). The molecule has 0 amide bonds. The van der Waals surface area contributed by atoms with E-state index >= 15 is 0 Å². The quantitative estimate of drug-likeness (QED) is 0.242. The number of hydrogen-bond acceptors (Lipinski definition) is 13. The molecule has 48 heavy (non-hydrogen) atoms. The number of carbonyl (C=O) groups excluding carboxylic acids is 2. The van der Waals surface area contributed by atoms with Crippen molar-refractivity contribution in [3.05, 3.63) is 36.5 Å². The number of allylic oxidation sites excluding steroid dienone is 3. The van der Waals surface area contributed by atoms with E-state index in [0.717, 1.165) is 0 Å². The van der Waals surface area contributed by atoms with Gasteiger partial charge < -0.3 is 54.1 Å². The van der Waals surface area contributed by atoms with E-state index in [-0.39, 0.29) is 36.2 Å². The number of aliphatic hydroxyl groups excluding tert-OH is 4. The second-order valence-electron chi connectivity index (χ2n) is 13.9. The summed E-state index contributed by atoms with van der Waals surface area (Å²) in [6.45, 7) is 10.3. The second kappa shape index (κ2) is 17.8. The van der Waals surface area contributed by atoms with E-state index in [4.69, 9.17) is 23.7 Å². The number of aliphatic hydroxyl groups is 5. The first-order chi connectivity index (χ1) is 22.5. The summed E-state index contributed by atoms with van der Waals surface area (Å²) in [6.07, 6.45) is -0.557. The van der Waals surface area contributed by atoms with Crippen LogP contribution in [0.25, 0.3) is 0 Å². The SMILES string of the molecule is CC[C@H]1OC(=O)/C=C/[C@H](C)[C@@H](O[C@@H]2O[C@H](C)C[C@H](N(C)C)[C@H]2O)[C@@H](C)C[C@@H](C)C(=O)/C=C/C=C/[C@]1(O)CO[C@@H]1O[C@H](C)[C@@H](O)[C@@H](O)[C@H]1O. The molecule has 5 N–H and O–H groups in total. The summed E-state index contributed by atoms with van der Waals surface area (Å²) >= 11 is 0. The molecule has 0 spiro atoms. The lowest BCUT2D eigenvalue weighted by atomic mass is 9.84. The Morgan fingerprint density at radius 1 is 0.896 bits per heavy atom. The number of rotatable bonds is 7. The van der Waals surface area contributed by atoms with Crippen molar-refractivity contribution in [1.29, 1.82) is 0 Å². The Hall–Kier alpha value is -2.04. The number of likely N-dealkylation sites (N-methyl/N-ethyl adjacent to an activating group) is 1. The maximum Gasteiger partial charge on any atom is 0.330 e. The zero-order valence-corrected chi connectivity index (χ0v) is 29.4. The van der Waals surface area contributed by atoms with Gasteiger partial charge in [-0.15, -0.1) is 0 Å². The number of hydrogen-bond donors (Lipinski definition) is 5. The Bertz CT molecular complexity index is 1140. The van der Waals surface area contributed by atoms with Crippen LogP contribution in [0.3, 0.4) is 0 Å². The van der Waals surface area contributed by atoms with E-state index in [1.165, 1.54) is 37.3 Å². The highest BCUT2D eigenvalue weighted by atomic mass is 16.7. The fraction of sp³-hybridized carbons (Fsp3) is 0.771. The maximum absolute atomic E-state index is 13.2. The van der Waals surface area contributed by atoms with Gasteiger partial charge in [-0.25, -0.2) is 4.79 Å². The molecule has 0 saturated carbocycles. The smallest absolute Gasteiger partial charge is 0.330 e. The van der Waals surface area contributed by atoms with Crippen LogP contribution in [-0.2, 0) is 33.3 Å². The van der Waals surface area contributed by atoms with Crippen LogP contribution in [0.4, 0.5) is 0 Å². The molecule has 0 aromatic rings. The lowest BCUT2D eigenvalue weighted by Crippen LogP contribution is -2.58. The van der Waals surface area contributed by atoms with Crippen molar-refractivity contribution in [2.45, 2.75) is 134 Å². The third-order valence-electron chi connectivity index (χ3n) is 9.62. The van der Waals surface area contributed by atoms with Crippen LogP contribution in [0.5, 0.6) is 0 Å². The van der Waals surface area contributed by atoms with E-state index in [1.54, 1.807) is 13.0 Å². The molecule has 3 aliphatic rings. The third kappa shape index (κ3) is 10.3. The number of carbonyl (C=O) groups is 2. The van der Waals surface area contributed by atoms with Crippen LogP contribution in [0, 0.1) is 17.8 Å². The summed E-state index contributed by atoms with van der Waals surface area (Å²) in [5.41, 5.74) is -1.94. The molecular weight excluding hydrogens is 626 g/mol. The summed E-state index contributed by atoms with van der Waals surface area (Å²) < 4.78 is 29.4. The number of cyclic esters (lactones) is 1. The first-order valence-electron chi connectivity index (χ1n) is 17.0. The summed E-state index contributed by atoms with van der Waals surface area (Å²) in [7, 11) is 3.79. The molecule has 0 aliphatic carbocycles.